The zero-order valence-corrected chi connectivity index (χ0v) is 14.2. The van der Waals surface area contributed by atoms with Gasteiger partial charge in [-0.1, -0.05) is 18.2 Å². The van der Waals surface area contributed by atoms with Crippen molar-refractivity contribution in [3.63, 3.8) is 0 Å². The van der Waals surface area contributed by atoms with Crippen LogP contribution in [-0.2, 0) is 28.1 Å². The molecule has 0 unspecified atom stereocenters. The first-order chi connectivity index (χ1) is 7.93. The number of H-pyrrole nitrogens is 1. The molecule has 2 aromatic carbocycles. The summed E-state index contributed by atoms with van der Waals surface area (Å²) in [6.07, 6.45) is 1.01. The number of hydrogen-bond donors (Lipinski definition) is 1. The molecule has 0 atom stereocenters. The molecular formula is C15H10Cl3NTi. The molecule has 0 amide bonds. The van der Waals surface area contributed by atoms with E-state index >= 15 is 0 Å². The van der Waals surface area contributed by atoms with Gasteiger partial charge in [0.1, 0.15) is 0 Å². The van der Waals surface area contributed by atoms with Gasteiger partial charge in [0, 0.05) is 10.9 Å². The van der Waals surface area contributed by atoms with Crippen LogP contribution in [-0.4, -0.2) is 4.98 Å². The molecular weight excluding hydrogens is 348 g/mol. The van der Waals surface area contributed by atoms with Crippen LogP contribution in [0, 0.1) is 6.07 Å². The molecule has 0 radical (unpaired) electrons. The molecule has 1 aliphatic rings. The summed E-state index contributed by atoms with van der Waals surface area (Å²) >= 11 is 0. The molecule has 3 aromatic rings. The summed E-state index contributed by atoms with van der Waals surface area (Å²) in [4.78, 5) is 3.51. The van der Waals surface area contributed by atoms with Gasteiger partial charge in [0.15, 0.2) is 0 Å². The Labute approximate surface area is 151 Å². The second-order valence-electron chi connectivity index (χ2n) is 4.26. The largest absolute Gasteiger partial charge is 4.00 e. The van der Waals surface area contributed by atoms with Crippen LogP contribution in [0.5, 0.6) is 0 Å². The quantitative estimate of drug-likeness (QED) is 0.239. The second kappa shape index (κ2) is 7.54. The minimum Gasteiger partial charge on any atom is -1.00 e. The first-order valence-corrected chi connectivity index (χ1v) is 5.53. The monoisotopic (exact) mass is 357 g/mol. The van der Waals surface area contributed by atoms with Gasteiger partial charge in [-0.2, -0.15) is 24.3 Å². The summed E-state index contributed by atoms with van der Waals surface area (Å²) in [5.41, 5.74) is 6.58. The van der Waals surface area contributed by atoms with Gasteiger partial charge in [-0.25, -0.2) is 0 Å². The Hall–Kier alpha value is -0.436. The van der Waals surface area contributed by atoms with Crippen LogP contribution in [0.15, 0.2) is 42.5 Å². The van der Waals surface area contributed by atoms with Gasteiger partial charge < -0.3 is 42.2 Å². The molecule has 0 bridgehead atoms. The Kier molecular flexibility index (Phi) is 7.37. The second-order valence-corrected chi connectivity index (χ2v) is 4.26. The average molecular weight is 358 g/mol. The van der Waals surface area contributed by atoms with E-state index < -0.39 is 0 Å². The Morgan fingerprint density at radius 1 is 0.950 bits per heavy atom. The van der Waals surface area contributed by atoms with Crippen molar-refractivity contribution in [3.8, 4) is 11.3 Å². The van der Waals surface area contributed by atoms with Crippen molar-refractivity contribution in [2.75, 3.05) is 0 Å². The minimum atomic E-state index is 0. The van der Waals surface area contributed by atoms with Gasteiger partial charge >= 0.3 is 21.7 Å². The first-order valence-electron chi connectivity index (χ1n) is 5.53. The fraction of sp³-hybridized carbons (Fsp3) is 0.0667. The SMILES string of the molecule is [Cl-].[Cl-].[Cl-].[Ti+4].[c-]1cccc2c1Cc1c-2[nH]c2ccccc12. The number of aromatic amines is 1. The molecule has 0 saturated carbocycles. The zero-order chi connectivity index (χ0) is 10.5. The maximum Gasteiger partial charge on any atom is 4.00 e. The van der Waals surface area contributed by atoms with E-state index in [0.29, 0.717) is 0 Å². The molecule has 1 heterocycles. The third kappa shape index (κ3) is 2.79. The molecule has 5 heteroatoms. The average Bonchev–Trinajstić information content (AvgIpc) is 2.85. The summed E-state index contributed by atoms with van der Waals surface area (Å²) < 4.78 is 0. The fourth-order valence-electron chi connectivity index (χ4n) is 2.64. The third-order valence-corrected chi connectivity index (χ3v) is 3.38. The molecule has 0 fully saturated rings. The molecule has 0 aliphatic heterocycles. The topological polar surface area (TPSA) is 15.8 Å². The van der Waals surface area contributed by atoms with Crippen molar-refractivity contribution in [1.82, 2.24) is 4.98 Å². The number of nitrogens with one attached hydrogen (secondary N) is 1. The Morgan fingerprint density at radius 2 is 1.70 bits per heavy atom. The van der Waals surface area contributed by atoms with Crippen molar-refractivity contribution in [3.05, 3.63) is 59.7 Å². The number of rotatable bonds is 0. The van der Waals surface area contributed by atoms with Crippen LogP contribution in [0.4, 0.5) is 0 Å². The summed E-state index contributed by atoms with van der Waals surface area (Å²) in [6, 6.07) is 18.1. The minimum absolute atomic E-state index is 0. The van der Waals surface area contributed by atoms with Crippen molar-refractivity contribution in [2.24, 2.45) is 0 Å². The van der Waals surface area contributed by atoms with Crippen LogP contribution in [0.3, 0.4) is 0 Å². The molecule has 0 spiro atoms. The van der Waals surface area contributed by atoms with E-state index in [2.05, 4.69) is 47.4 Å². The smallest absolute Gasteiger partial charge is 1.00 e. The zero-order valence-electron chi connectivity index (χ0n) is 10.4. The summed E-state index contributed by atoms with van der Waals surface area (Å²) in [6.45, 7) is 0. The van der Waals surface area contributed by atoms with Crippen molar-refractivity contribution < 1.29 is 58.9 Å². The van der Waals surface area contributed by atoms with Crippen LogP contribution in [0.25, 0.3) is 22.2 Å². The van der Waals surface area contributed by atoms with E-state index in [0.717, 1.165) is 6.42 Å². The van der Waals surface area contributed by atoms with Crippen molar-refractivity contribution >= 4 is 10.9 Å². The Morgan fingerprint density at radius 3 is 2.50 bits per heavy atom. The Bertz CT molecular complexity index is 709. The normalized spacial score (nSPS) is 10.2. The summed E-state index contributed by atoms with van der Waals surface area (Å²) in [5, 5.41) is 1.35. The van der Waals surface area contributed by atoms with Gasteiger partial charge in [0.05, 0.1) is 0 Å². The van der Waals surface area contributed by atoms with Gasteiger partial charge in [-0.05, 0) is 23.7 Å². The van der Waals surface area contributed by atoms with Crippen molar-refractivity contribution in [1.29, 1.82) is 0 Å². The maximum absolute atomic E-state index is 3.51. The maximum atomic E-state index is 3.51. The number of hydrogen-bond acceptors (Lipinski definition) is 0. The van der Waals surface area contributed by atoms with E-state index in [-0.39, 0.29) is 58.9 Å². The molecule has 1 N–H and O–H groups in total. The number of fused-ring (bicyclic) bond motifs is 5. The fourth-order valence-corrected chi connectivity index (χ4v) is 2.64. The molecule has 0 saturated heterocycles. The van der Waals surface area contributed by atoms with Gasteiger partial charge in [0.2, 0.25) is 0 Å². The predicted octanol–water partition coefficient (Wildman–Crippen LogP) is -5.45. The van der Waals surface area contributed by atoms with E-state index in [1.165, 1.54) is 33.3 Å². The van der Waals surface area contributed by atoms with Crippen LogP contribution < -0.4 is 37.2 Å². The summed E-state index contributed by atoms with van der Waals surface area (Å²) in [7, 11) is 0. The van der Waals surface area contributed by atoms with Gasteiger partial charge in [-0.15, -0.1) is 11.1 Å². The predicted molar refractivity (Wildman–Crippen MR) is 65.4 cm³/mol. The standard InChI is InChI=1S/C15H10N.3ClH.Ti/c1-2-6-11-10(5-1)9-13-12-7-3-4-8-14(12)16-15(11)13;;;;/h1-4,6-8,16H,9H2;3*1H;/q-1;;;;+4/p-3. The molecule has 4 rings (SSSR count). The number of para-hydroxylation sites is 1. The number of aromatic nitrogens is 1. The van der Waals surface area contributed by atoms with E-state index in [4.69, 9.17) is 0 Å². The Balaban J connectivity index is 0.000000902. The number of benzene rings is 2. The third-order valence-electron chi connectivity index (χ3n) is 3.38. The molecule has 1 aliphatic carbocycles. The van der Waals surface area contributed by atoms with Gasteiger partial charge in [0.25, 0.3) is 0 Å². The van der Waals surface area contributed by atoms with Crippen LogP contribution >= 0.6 is 0 Å². The molecule has 1 aromatic heterocycles. The van der Waals surface area contributed by atoms with Gasteiger partial charge in [-0.3, -0.25) is 0 Å². The van der Waals surface area contributed by atoms with Crippen LogP contribution in [0.1, 0.15) is 11.1 Å². The molecule has 100 valence electrons. The molecule has 1 nitrogen and oxygen atoms in total. The first kappa shape index (κ1) is 19.6. The van der Waals surface area contributed by atoms with E-state index in [1.54, 1.807) is 0 Å². The van der Waals surface area contributed by atoms with E-state index in [9.17, 15) is 0 Å². The van der Waals surface area contributed by atoms with Crippen LogP contribution in [0.2, 0.25) is 0 Å². The number of halogens is 3. The van der Waals surface area contributed by atoms with E-state index in [1.807, 2.05) is 6.07 Å². The summed E-state index contributed by atoms with van der Waals surface area (Å²) in [5.74, 6) is 0. The van der Waals surface area contributed by atoms with Crippen molar-refractivity contribution in [2.45, 2.75) is 6.42 Å². The molecule has 20 heavy (non-hydrogen) atoms.